The highest BCUT2D eigenvalue weighted by Gasteiger charge is 2.19. The Morgan fingerprint density at radius 3 is 2.79 bits per heavy atom. The molecule has 0 saturated carbocycles. The van der Waals surface area contributed by atoms with Gasteiger partial charge < -0.3 is 15.3 Å². The van der Waals surface area contributed by atoms with Crippen LogP contribution in [0.4, 0.5) is 5.69 Å². The van der Waals surface area contributed by atoms with Gasteiger partial charge >= 0.3 is 0 Å². The lowest BCUT2D eigenvalue weighted by molar-refractivity contribution is 0.0330. The Morgan fingerprint density at radius 2 is 2.16 bits per heavy atom. The molecular formula is C14H21N3O2. The van der Waals surface area contributed by atoms with Crippen LogP contribution in [0.3, 0.4) is 0 Å². The highest BCUT2D eigenvalue weighted by Crippen LogP contribution is 2.19. The van der Waals surface area contributed by atoms with Crippen molar-refractivity contribution in [1.29, 1.82) is 0 Å². The molecule has 5 heteroatoms. The number of aliphatic hydroxyl groups is 1. The standard InChI is InChI=1S/C14H21N3O2/c1-4-17(9-14(2,3)18)8-13-16-11-7-10(15)5-6-12(11)19-13/h5-7,18H,4,8-9,15H2,1-3H3. The van der Waals surface area contributed by atoms with E-state index in [1.54, 1.807) is 26.0 Å². The molecule has 0 aliphatic rings. The van der Waals surface area contributed by atoms with Gasteiger partial charge in [-0.1, -0.05) is 6.92 Å². The first-order valence-electron chi connectivity index (χ1n) is 6.47. The summed E-state index contributed by atoms with van der Waals surface area (Å²) < 4.78 is 5.68. The van der Waals surface area contributed by atoms with Gasteiger partial charge in [-0.15, -0.1) is 0 Å². The summed E-state index contributed by atoms with van der Waals surface area (Å²) in [7, 11) is 0. The van der Waals surface area contributed by atoms with Crippen LogP contribution in [-0.2, 0) is 6.54 Å². The number of oxazole rings is 1. The maximum atomic E-state index is 9.86. The Balaban J connectivity index is 2.15. The van der Waals surface area contributed by atoms with E-state index in [1.807, 2.05) is 13.0 Å². The fourth-order valence-corrected chi connectivity index (χ4v) is 2.08. The molecule has 0 aliphatic heterocycles. The van der Waals surface area contributed by atoms with Crippen LogP contribution in [0.25, 0.3) is 11.1 Å². The van der Waals surface area contributed by atoms with E-state index < -0.39 is 5.60 Å². The normalized spacial score (nSPS) is 12.5. The molecule has 0 bridgehead atoms. The molecule has 3 N–H and O–H groups in total. The SMILES string of the molecule is CCN(Cc1nc2cc(N)ccc2o1)CC(C)(C)O. The smallest absolute Gasteiger partial charge is 0.209 e. The molecule has 1 heterocycles. The molecular weight excluding hydrogens is 242 g/mol. The van der Waals surface area contributed by atoms with E-state index in [-0.39, 0.29) is 0 Å². The lowest BCUT2D eigenvalue weighted by Crippen LogP contribution is -2.38. The summed E-state index contributed by atoms with van der Waals surface area (Å²) in [5.74, 6) is 0.645. The van der Waals surface area contributed by atoms with Crippen LogP contribution >= 0.6 is 0 Å². The van der Waals surface area contributed by atoms with E-state index in [9.17, 15) is 5.11 Å². The number of anilines is 1. The third-order valence-corrected chi connectivity index (χ3v) is 2.87. The monoisotopic (exact) mass is 263 g/mol. The van der Waals surface area contributed by atoms with Crippen molar-refractivity contribution >= 4 is 16.8 Å². The second-order valence-corrected chi connectivity index (χ2v) is 5.45. The lowest BCUT2D eigenvalue weighted by Gasteiger charge is -2.26. The fourth-order valence-electron chi connectivity index (χ4n) is 2.08. The molecule has 0 unspecified atom stereocenters. The Morgan fingerprint density at radius 1 is 1.42 bits per heavy atom. The number of fused-ring (bicyclic) bond motifs is 1. The van der Waals surface area contributed by atoms with Crippen LogP contribution in [0.5, 0.6) is 0 Å². The van der Waals surface area contributed by atoms with Gasteiger partial charge in [-0.05, 0) is 38.6 Å². The first-order valence-corrected chi connectivity index (χ1v) is 6.47. The molecule has 19 heavy (non-hydrogen) atoms. The molecule has 5 nitrogen and oxygen atoms in total. The zero-order valence-electron chi connectivity index (χ0n) is 11.7. The molecule has 0 aliphatic carbocycles. The third-order valence-electron chi connectivity index (χ3n) is 2.87. The van der Waals surface area contributed by atoms with E-state index in [1.165, 1.54) is 0 Å². The summed E-state index contributed by atoms with van der Waals surface area (Å²) in [4.78, 5) is 6.51. The van der Waals surface area contributed by atoms with Crippen molar-refractivity contribution < 1.29 is 9.52 Å². The van der Waals surface area contributed by atoms with Crippen LogP contribution in [0.2, 0.25) is 0 Å². The number of nitrogens with zero attached hydrogens (tertiary/aromatic N) is 2. The van der Waals surface area contributed by atoms with Gasteiger partial charge in [-0.2, -0.15) is 0 Å². The van der Waals surface area contributed by atoms with Gasteiger partial charge in [0.1, 0.15) is 5.52 Å². The van der Waals surface area contributed by atoms with Gasteiger partial charge in [-0.3, -0.25) is 4.90 Å². The summed E-state index contributed by atoms with van der Waals surface area (Å²) >= 11 is 0. The average Bonchev–Trinajstić information content (AvgIpc) is 2.67. The molecule has 0 atom stereocenters. The fraction of sp³-hybridized carbons (Fsp3) is 0.500. The van der Waals surface area contributed by atoms with E-state index >= 15 is 0 Å². The number of rotatable bonds is 5. The Bertz CT molecular complexity index is 557. The highest BCUT2D eigenvalue weighted by molar-refractivity contribution is 5.76. The molecule has 0 fully saturated rings. The van der Waals surface area contributed by atoms with Crippen LogP contribution < -0.4 is 5.73 Å². The minimum Gasteiger partial charge on any atom is -0.439 e. The second-order valence-electron chi connectivity index (χ2n) is 5.45. The molecule has 0 radical (unpaired) electrons. The summed E-state index contributed by atoms with van der Waals surface area (Å²) in [6.45, 7) is 7.61. The Hall–Kier alpha value is -1.59. The minimum atomic E-state index is -0.730. The van der Waals surface area contributed by atoms with E-state index in [0.29, 0.717) is 24.7 Å². The van der Waals surface area contributed by atoms with Gasteiger partial charge in [0.2, 0.25) is 5.89 Å². The summed E-state index contributed by atoms with van der Waals surface area (Å²) in [6.07, 6.45) is 0. The van der Waals surface area contributed by atoms with Crippen LogP contribution in [0.1, 0.15) is 26.7 Å². The molecule has 2 rings (SSSR count). The largest absolute Gasteiger partial charge is 0.439 e. The number of likely N-dealkylation sites (N-methyl/N-ethyl adjacent to an activating group) is 1. The summed E-state index contributed by atoms with van der Waals surface area (Å²) in [6, 6.07) is 5.42. The molecule has 2 aromatic rings. The van der Waals surface area contributed by atoms with Crippen LogP contribution in [0, 0.1) is 0 Å². The molecule has 1 aromatic heterocycles. The average molecular weight is 263 g/mol. The van der Waals surface area contributed by atoms with Crippen molar-refractivity contribution in [2.75, 3.05) is 18.8 Å². The van der Waals surface area contributed by atoms with Crippen molar-refractivity contribution in [3.8, 4) is 0 Å². The number of nitrogen functional groups attached to an aromatic ring is 1. The van der Waals surface area contributed by atoms with Crippen molar-refractivity contribution in [3.63, 3.8) is 0 Å². The second kappa shape index (κ2) is 5.19. The van der Waals surface area contributed by atoms with Crippen molar-refractivity contribution in [3.05, 3.63) is 24.1 Å². The van der Waals surface area contributed by atoms with Gasteiger partial charge in [0.25, 0.3) is 0 Å². The Labute approximate surface area is 113 Å². The maximum absolute atomic E-state index is 9.86. The quantitative estimate of drug-likeness (QED) is 0.807. The summed E-state index contributed by atoms with van der Waals surface area (Å²) in [5.41, 5.74) is 7.18. The van der Waals surface area contributed by atoms with Crippen molar-refractivity contribution in [1.82, 2.24) is 9.88 Å². The topological polar surface area (TPSA) is 75.5 Å². The highest BCUT2D eigenvalue weighted by atomic mass is 16.3. The predicted molar refractivity (Wildman–Crippen MR) is 75.7 cm³/mol. The molecule has 104 valence electrons. The number of aromatic nitrogens is 1. The maximum Gasteiger partial charge on any atom is 0.209 e. The van der Waals surface area contributed by atoms with Crippen molar-refractivity contribution in [2.24, 2.45) is 0 Å². The molecule has 1 aromatic carbocycles. The van der Waals surface area contributed by atoms with Gasteiger partial charge in [0.15, 0.2) is 5.58 Å². The zero-order valence-corrected chi connectivity index (χ0v) is 11.7. The number of nitrogens with two attached hydrogens (primary N) is 1. The van der Waals surface area contributed by atoms with Gasteiger partial charge in [0, 0.05) is 12.2 Å². The summed E-state index contributed by atoms with van der Waals surface area (Å²) in [5, 5.41) is 9.86. The van der Waals surface area contributed by atoms with Crippen LogP contribution in [-0.4, -0.2) is 33.7 Å². The number of hydrogen-bond acceptors (Lipinski definition) is 5. The van der Waals surface area contributed by atoms with Gasteiger partial charge in [0.05, 0.1) is 12.1 Å². The number of benzene rings is 1. The van der Waals surface area contributed by atoms with Gasteiger partial charge in [-0.25, -0.2) is 4.98 Å². The molecule has 0 spiro atoms. The molecule has 0 saturated heterocycles. The van der Waals surface area contributed by atoms with E-state index in [0.717, 1.165) is 17.6 Å². The Kier molecular flexibility index (Phi) is 3.78. The molecule has 0 amide bonds. The third kappa shape index (κ3) is 3.68. The zero-order chi connectivity index (χ0) is 14.0. The van der Waals surface area contributed by atoms with Crippen LogP contribution in [0.15, 0.2) is 22.6 Å². The first kappa shape index (κ1) is 13.8. The predicted octanol–water partition coefficient (Wildman–Crippen LogP) is 2.00. The lowest BCUT2D eigenvalue weighted by atomic mass is 10.1. The first-order chi connectivity index (χ1) is 8.87. The van der Waals surface area contributed by atoms with E-state index in [4.69, 9.17) is 10.2 Å². The minimum absolute atomic E-state index is 0.574. The van der Waals surface area contributed by atoms with Crippen molar-refractivity contribution in [2.45, 2.75) is 32.9 Å². The number of hydrogen-bond donors (Lipinski definition) is 2. The van der Waals surface area contributed by atoms with E-state index in [2.05, 4.69) is 9.88 Å².